The Bertz CT molecular complexity index is 635. The van der Waals surface area contributed by atoms with E-state index < -0.39 is 0 Å². The molecule has 2 aromatic rings. The van der Waals surface area contributed by atoms with Gasteiger partial charge in [-0.3, -0.25) is 4.99 Å². The highest BCUT2D eigenvalue weighted by Crippen LogP contribution is 2.11. The summed E-state index contributed by atoms with van der Waals surface area (Å²) in [5.41, 5.74) is 2.08. The van der Waals surface area contributed by atoms with Crippen LogP contribution >= 0.6 is 35.6 Å². The average molecular weight is 449 g/mol. The zero-order chi connectivity index (χ0) is 16.1. The van der Waals surface area contributed by atoms with Gasteiger partial charge in [-0.05, 0) is 31.5 Å². The van der Waals surface area contributed by atoms with Crippen molar-refractivity contribution < 1.29 is 4.42 Å². The maximum absolute atomic E-state index is 5.90. The Morgan fingerprint density at radius 2 is 1.96 bits per heavy atom. The summed E-state index contributed by atoms with van der Waals surface area (Å²) in [6.45, 7) is 5.09. The van der Waals surface area contributed by atoms with Gasteiger partial charge < -0.3 is 14.6 Å². The number of hydrogen-bond acceptors (Lipinski definition) is 3. The molecular weight excluding hydrogens is 427 g/mol. The Hall–Kier alpha value is -1.28. The molecule has 0 aliphatic carbocycles. The maximum atomic E-state index is 5.90. The first-order valence-corrected chi connectivity index (χ1v) is 7.46. The van der Waals surface area contributed by atoms with Crippen LogP contribution in [-0.4, -0.2) is 29.9 Å². The van der Waals surface area contributed by atoms with Crippen molar-refractivity contribution in [2.24, 2.45) is 4.99 Å². The quantitative estimate of drug-likeness (QED) is 0.439. The number of halogens is 2. The molecule has 0 bridgehead atoms. The summed E-state index contributed by atoms with van der Waals surface area (Å²) in [5.74, 6) is 2.29. The van der Waals surface area contributed by atoms with E-state index in [4.69, 9.17) is 16.0 Å². The van der Waals surface area contributed by atoms with E-state index in [2.05, 4.69) is 15.3 Å². The van der Waals surface area contributed by atoms with Crippen LogP contribution in [0.4, 0.5) is 0 Å². The highest BCUT2D eigenvalue weighted by molar-refractivity contribution is 14.0. The Labute approximate surface area is 159 Å². The van der Waals surface area contributed by atoms with Crippen molar-refractivity contribution >= 4 is 41.5 Å². The van der Waals surface area contributed by atoms with Crippen LogP contribution in [0.2, 0.25) is 5.02 Å². The monoisotopic (exact) mass is 448 g/mol. The second-order valence-corrected chi connectivity index (χ2v) is 5.57. The van der Waals surface area contributed by atoms with Crippen molar-refractivity contribution in [1.29, 1.82) is 0 Å². The van der Waals surface area contributed by atoms with Crippen LogP contribution < -0.4 is 5.32 Å². The Morgan fingerprint density at radius 1 is 1.30 bits per heavy atom. The fourth-order valence-corrected chi connectivity index (χ4v) is 2.22. The maximum Gasteiger partial charge on any atom is 0.214 e. The SMILES string of the molecule is CN=C(NCc1nc(C)c(C)o1)N(C)Cc1ccc(Cl)cc1.I. The van der Waals surface area contributed by atoms with Gasteiger partial charge in [-0.1, -0.05) is 23.7 Å². The molecule has 2 rings (SSSR count). The van der Waals surface area contributed by atoms with E-state index in [1.807, 2.05) is 50.1 Å². The van der Waals surface area contributed by atoms with Crippen LogP contribution in [0.1, 0.15) is 22.9 Å². The van der Waals surface area contributed by atoms with Crippen molar-refractivity contribution in [2.45, 2.75) is 26.9 Å². The van der Waals surface area contributed by atoms with Crippen LogP contribution in [-0.2, 0) is 13.1 Å². The van der Waals surface area contributed by atoms with Gasteiger partial charge in [0.2, 0.25) is 5.89 Å². The van der Waals surface area contributed by atoms with Crippen LogP contribution in [0.15, 0.2) is 33.7 Å². The summed E-state index contributed by atoms with van der Waals surface area (Å²) in [6, 6.07) is 7.79. The third kappa shape index (κ3) is 5.69. The number of oxazole rings is 1. The van der Waals surface area contributed by atoms with E-state index >= 15 is 0 Å². The van der Waals surface area contributed by atoms with Gasteiger partial charge in [0.25, 0.3) is 0 Å². The third-order valence-electron chi connectivity index (χ3n) is 3.38. The predicted octanol–water partition coefficient (Wildman–Crippen LogP) is 3.77. The number of benzene rings is 1. The first-order valence-electron chi connectivity index (χ1n) is 7.08. The summed E-state index contributed by atoms with van der Waals surface area (Å²) in [4.78, 5) is 10.7. The van der Waals surface area contributed by atoms with Crippen molar-refractivity contribution in [2.75, 3.05) is 14.1 Å². The Kier molecular flexibility index (Phi) is 7.84. The largest absolute Gasteiger partial charge is 0.444 e. The van der Waals surface area contributed by atoms with Crippen molar-refractivity contribution in [3.63, 3.8) is 0 Å². The predicted molar refractivity (Wildman–Crippen MR) is 105 cm³/mol. The molecule has 0 saturated heterocycles. The van der Waals surface area contributed by atoms with E-state index in [1.165, 1.54) is 0 Å². The molecule has 0 fully saturated rings. The van der Waals surface area contributed by atoms with Gasteiger partial charge in [0, 0.05) is 25.7 Å². The summed E-state index contributed by atoms with van der Waals surface area (Å²) in [5, 5.41) is 3.99. The molecular formula is C16H22ClIN4O. The molecule has 0 aliphatic heterocycles. The normalized spacial score (nSPS) is 11.1. The second kappa shape index (κ2) is 9.12. The first-order chi connectivity index (χ1) is 10.5. The molecule has 0 atom stereocenters. The fourth-order valence-electron chi connectivity index (χ4n) is 2.09. The second-order valence-electron chi connectivity index (χ2n) is 5.13. The topological polar surface area (TPSA) is 53.7 Å². The van der Waals surface area contributed by atoms with Gasteiger partial charge in [0.1, 0.15) is 5.76 Å². The lowest BCUT2D eigenvalue weighted by Gasteiger charge is -2.21. The molecule has 1 aromatic carbocycles. The summed E-state index contributed by atoms with van der Waals surface area (Å²) >= 11 is 5.90. The Balaban J connectivity index is 0.00000264. The van der Waals surface area contributed by atoms with E-state index in [0.29, 0.717) is 12.4 Å². The Morgan fingerprint density at radius 3 is 2.48 bits per heavy atom. The molecule has 1 N–H and O–H groups in total. The first kappa shape index (κ1) is 19.8. The van der Waals surface area contributed by atoms with E-state index in [9.17, 15) is 0 Å². The molecule has 0 saturated carbocycles. The van der Waals surface area contributed by atoms with Crippen molar-refractivity contribution in [1.82, 2.24) is 15.2 Å². The number of aryl methyl sites for hydroxylation is 2. The van der Waals surface area contributed by atoms with Crippen LogP contribution in [0, 0.1) is 13.8 Å². The summed E-state index contributed by atoms with van der Waals surface area (Å²) < 4.78 is 5.56. The fraction of sp³-hybridized carbons (Fsp3) is 0.375. The minimum Gasteiger partial charge on any atom is -0.444 e. The minimum absolute atomic E-state index is 0. The number of nitrogens with one attached hydrogen (secondary N) is 1. The molecule has 1 aromatic heterocycles. The molecule has 0 radical (unpaired) electrons. The van der Waals surface area contributed by atoms with Gasteiger partial charge in [-0.15, -0.1) is 24.0 Å². The molecule has 0 unspecified atom stereocenters. The van der Waals surface area contributed by atoms with Crippen molar-refractivity contribution in [3.05, 3.63) is 52.2 Å². The minimum atomic E-state index is 0. The molecule has 0 spiro atoms. The number of aromatic nitrogens is 1. The van der Waals surface area contributed by atoms with E-state index in [1.54, 1.807) is 7.05 Å². The lowest BCUT2D eigenvalue weighted by atomic mass is 10.2. The molecule has 1 heterocycles. The molecule has 0 amide bonds. The smallest absolute Gasteiger partial charge is 0.214 e. The van der Waals surface area contributed by atoms with Gasteiger partial charge in [0.05, 0.1) is 12.2 Å². The number of nitrogens with zero attached hydrogens (tertiary/aromatic N) is 3. The lowest BCUT2D eigenvalue weighted by molar-refractivity contribution is 0.443. The molecule has 23 heavy (non-hydrogen) atoms. The summed E-state index contributed by atoms with van der Waals surface area (Å²) in [6.07, 6.45) is 0. The average Bonchev–Trinajstić information content (AvgIpc) is 2.81. The summed E-state index contributed by atoms with van der Waals surface area (Å²) in [7, 11) is 3.74. The van der Waals surface area contributed by atoms with Gasteiger partial charge in [-0.25, -0.2) is 4.98 Å². The molecule has 5 nitrogen and oxygen atoms in total. The zero-order valence-corrected chi connectivity index (χ0v) is 16.8. The van der Waals surface area contributed by atoms with Crippen LogP contribution in [0.25, 0.3) is 0 Å². The highest BCUT2D eigenvalue weighted by atomic mass is 127. The zero-order valence-electron chi connectivity index (χ0n) is 13.8. The standard InChI is InChI=1S/C16H21ClN4O.HI/c1-11-12(2)22-15(20-11)9-19-16(18-3)21(4)10-13-5-7-14(17)8-6-13;/h5-8H,9-10H2,1-4H3,(H,18,19);1H. The number of aliphatic imine (C=N–C) groups is 1. The molecule has 126 valence electrons. The number of hydrogen-bond donors (Lipinski definition) is 1. The highest BCUT2D eigenvalue weighted by Gasteiger charge is 2.10. The third-order valence-corrected chi connectivity index (χ3v) is 3.63. The molecule has 7 heteroatoms. The van der Waals surface area contributed by atoms with Gasteiger partial charge in [-0.2, -0.15) is 0 Å². The van der Waals surface area contributed by atoms with E-state index in [-0.39, 0.29) is 24.0 Å². The van der Waals surface area contributed by atoms with Crippen LogP contribution in [0.3, 0.4) is 0 Å². The van der Waals surface area contributed by atoms with Crippen LogP contribution in [0.5, 0.6) is 0 Å². The van der Waals surface area contributed by atoms with E-state index in [0.717, 1.165) is 34.5 Å². The number of rotatable bonds is 4. The lowest BCUT2D eigenvalue weighted by Crippen LogP contribution is -2.38. The van der Waals surface area contributed by atoms with Crippen molar-refractivity contribution in [3.8, 4) is 0 Å². The molecule has 0 aliphatic rings. The van der Waals surface area contributed by atoms with Gasteiger partial charge in [0.15, 0.2) is 5.96 Å². The number of guanidine groups is 1. The van der Waals surface area contributed by atoms with Gasteiger partial charge >= 0.3 is 0 Å².